The molecule has 21 heavy (non-hydrogen) atoms. The largest absolute Gasteiger partial charge is 0.465 e. The minimum atomic E-state index is -0.558. The van der Waals surface area contributed by atoms with Gasteiger partial charge in [-0.25, -0.2) is 0 Å². The van der Waals surface area contributed by atoms with Gasteiger partial charge in [-0.05, 0) is 33.3 Å². The molecule has 112 valence electrons. The fraction of sp³-hybridized carbons (Fsp3) is 0.438. The number of hydrogen-bond donors (Lipinski definition) is 0. The van der Waals surface area contributed by atoms with E-state index < -0.39 is 11.3 Å². The molecule has 0 radical (unpaired) electrons. The Morgan fingerprint density at radius 1 is 1.33 bits per heavy atom. The van der Waals surface area contributed by atoms with Crippen molar-refractivity contribution in [2.24, 2.45) is 0 Å². The minimum Gasteiger partial charge on any atom is -0.465 e. The van der Waals surface area contributed by atoms with Gasteiger partial charge in [-0.15, -0.1) is 0 Å². The van der Waals surface area contributed by atoms with Gasteiger partial charge in [0.1, 0.15) is 5.92 Å². The standard InChI is InChI=1S/C16H20N2O3/c1-5-20-14(19)11(2)13-17-15(18-21-13)16(3,4)12-9-7-6-8-10-12/h6-11H,5H2,1-4H3. The Morgan fingerprint density at radius 3 is 2.62 bits per heavy atom. The summed E-state index contributed by atoms with van der Waals surface area (Å²) in [5.74, 6) is -0.0738. The van der Waals surface area contributed by atoms with E-state index in [1.54, 1.807) is 13.8 Å². The quantitative estimate of drug-likeness (QED) is 0.791. The Labute approximate surface area is 124 Å². The SMILES string of the molecule is CCOC(=O)C(C)c1nc(C(C)(C)c2ccccc2)no1. The van der Waals surface area contributed by atoms with Crippen molar-refractivity contribution in [2.75, 3.05) is 6.61 Å². The summed E-state index contributed by atoms with van der Waals surface area (Å²) in [5, 5.41) is 4.03. The second kappa shape index (κ2) is 6.08. The number of aromatic nitrogens is 2. The van der Waals surface area contributed by atoms with E-state index >= 15 is 0 Å². The van der Waals surface area contributed by atoms with Gasteiger partial charge in [0.15, 0.2) is 5.82 Å². The van der Waals surface area contributed by atoms with Gasteiger partial charge in [-0.3, -0.25) is 4.79 Å². The molecule has 0 aliphatic heterocycles. The van der Waals surface area contributed by atoms with Gasteiger partial charge in [0.25, 0.3) is 0 Å². The van der Waals surface area contributed by atoms with E-state index in [4.69, 9.17) is 9.26 Å². The Morgan fingerprint density at radius 2 is 2.00 bits per heavy atom. The van der Waals surface area contributed by atoms with Crippen molar-refractivity contribution in [1.29, 1.82) is 0 Å². The van der Waals surface area contributed by atoms with Crippen molar-refractivity contribution < 1.29 is 14.1 Å². The molecular formula is C16H20N2O3. The number of ether oxygens (including phenoxy) is 1. The van der Waals surface area contributed by atoms with E-state index in [9.17, 15) is 4.79 Å². The Hall–Kier alpha value is -2.17. The van der Waals surface area contributed by atoms with Crippen LogP contribution in [0.2, 0.25) is 0 Å². The fourth-order valence-electron chi connectivity index (χ4n) is 2.02. The Balaban J connectivity index is 2.25. The second-order valence-electron chi connectivity index (χ2n) is 5.42. The third-order valence-electron chi connectivity index (χ3n) is 3.51. The van der Waals surface area contributed by atoms with Crippen molar-refractivity contribution in [2.45, 2.75) is 39.0 Å². The number of carbonyl (C=O) groups excluding carboxylic acids is 1. The average molecular weight is 288 g/mol. The van der Waals surface area contributed by atoms with Crippen LogP contribution in [0.25, 0.3) is 0 Å². The van der Waals surface area contributed by atoms with Gasteiger partial charge in [-0.2, -0.15) is 4.98 Å². The molecule has 0 N–H and O–H groups in total. The molecule has 0 saturated carbocycles. The molecule has 5 nitrogen and oxygen atoms in total. The molecule has 0 saturated heterocycles. The van der Waals surface area contributed by atoms with Gasteiger partial charge in [0.05, 0.1) is 12.0 Å². The minimum absolute atomic E-state index is 0.285. The molecule has 0 fully saturated rings. The number of nitrogens with zero attached hydrogens (tertiary/aromatic N) is 2. The Kier molecular flexibility index (Phi) is 4.40. The normalized spacial score (nSPS) is 13.0. The van der Waals surface area contributed by atoms with Crippen LogP contribution >= 0.6 is 0 Å². The molecule has 5 heteroatoms. The van der Waals surface area contributed by atoms with E-state index in [-0.39, 0.29) is 11.9 Å². The van der Waals surface area contributed by atoms with Gasteiger partial charge in [-0.1, -0.05) is 35.5 Å². The number of benzene rings is 1. The number of hydrogen-bond acceptors (Lipinski definition) is 5. The monoisotopic (exact) mass is 288 g/mol. The van der Waals surface area contributed by atoms with Crippen LogP contribution < -0.4 is 0 Å². The summed E-state index contributed by atoms with van der Waals surface area (Å²) in [5.41, 5.74) is 0.693. The summed E-state index contributed by atoms with van der Waals surface area (Å²) in [6.45, 7) is 7.84. The van der Waals surface area contributed by atoms with Crippen LogP contribution in [0.5, 0.6) is 0 Å². The lowest BCUT2D eigenvalue weighted by Gasteiger charge is -2.20. The average Bonchev–Trinajstić information content (AvgIpc) is 2.98. The summed E-state index contributed by atoms with van der Waals surface area (Å²) in [6.07, 6.45) is 0. The summed E-state index contributed by atoms with van der Waals surface area (Å²) in [7, 11) is 0. The number of esters is 1. The lowest BCUT2D eigenvalue weighted by atomic mass is 9.84. The smallest absolute Gasteiger partial charge is 0.318 e. The lowest BCUT2D eigenvalue weighted by molar-refractivity contribution is -0.145. The zero-order chi connectivity index (χ0) is 15.5. The molecule has 0 aliphatic rings. The molecule has 1 atom stereocenters. The molecule has 1 unspecified atom stereocenters. The van der Waals surface area contributed by atoms with Gasteiger partial charge in [0, 0.05) is 0 Å². The molecule has 0 spiro atoms. The molecule has 0 amide bonds. The molecule has 1 aromatic heterocycles. The van der Waals surface area contributed by atoms with Crippen LogP contribution in [0.4, 0.5) is 0 Å². The number of rotatable bonds is 5. The van der Waals surface area contributed by atoms with Crippen LogP contribution in [0, 0.1) is 0 Å². The predicted molar refractivity (Wildman–Crippen MR) is 77.9 cm³/mol. The highest BCUT2D eigenvalue weighted by Crippen LogP contribution is 2.30. The molecule has 1 heterocycles. The highest BCUT2D eigenvalue weighted by atomic mass is 16.5. The van der Waals surface area contributed by atoms with E-state index in [0.29, 0.717) is 12.4 Å². The molecule has 2 rings (SSSR count). The molecule has 0 bridgehead atoms. The van der Waals surface area contributed by atoms with Crippen molar-refractivity contribution in [3.8, 4) is 0 Å². The fourth-order valence-corrected chi connectivity index (χ4v) is 2.02. The summed E-state index contributed by atoms with van der Waals surface area (Å²) < 4.78 is 10.2. The van der Waals surface area contributed by atoms with Crippen molar-refractivity contribution in [3.05, 3.63) is 47.6 Å². The van der Waals surface area contributed by atoms with Gasteiger partial charge >= 0.3 is 5.97 Å². The van der Waals surface area contributed by atoms with Crippen LogP contribution in [-0.4, -0.2) is 22.7 Å². The van der Waals surface area contributed by atoms with Crippen LogP contribution in [0.3, 0.4) is 0 Å². The predicted octanol–water partition coefficient (Wildman–Crippen LogP) is 3.06. The van der Waals surface area contributed by atoms with Crippen molar-refractivity contribution >= 4 is 5.97 Å². The van der Waals surface area contributed by atoms with Crippen LogP contribution in [0.1, 0.15) is 50.9 Å². The first-order valence-corrected chi connectivity index (χ1v) is 7.03. The maximum atomic E-state index is 11.7. The highest BCUT2D eigenvalue weighted by molar-refractivity contribution is 5.76. The second-order valence-corrected chi connectivity index (χ2v) is 5.42. The first-order valence-electron chi connectivity index (χ1n) is 7.03. The first-order chi connectivity index (χ1) is 9.96. The van der Waals surface area contributed by atoms with Crippen LogP contribution in [0.15, 0.2) is 34.9 Å². The summed E-state index contributed by atoms with van der Waals surface area (Å²) >= 11 is 0. The molecular weight excluding hydrogens is 268 g/mol. The Bertz CT molecular complexity index is 605. The topological polar surface area (TPSA) is 65.2 Å². The number of carbonyl (C=O) groups is 1. The van der Waals surface area contributed by atoms with Crippen molar-refractivity contribution in [1.82, 2.24) is 10.1 Å². The maximum Gasteiger partial charge on any atom is 0.318 e. The van der Waals surface area contributed by atoms with E-state index in [0.717, 1.165) is 5.56 Å². The first kappa shape index (κ1) is 15.2. The van der Waals surface area contributed by atoms with Crippen LogP contribution in [-0.2, 0) is 14.9 Å². The third kappa shape index (κ3) is 3.12. The summed E-state index contributed by atoms with van der Waals surface area (Å²) in [4.78, 5) is 16.1. The van der Waals surface area contributed by atoms with E-state index in [1.807, 2.05) is 44.2 Å². The van der Waals surface area contributed by atoms with Crippen molar-refractivity contribution in [3.63, 3.8) is 0 Å². The molecule has 1 aromatic carbocycles. The summed E-state index contributed by atoms with van der Waals surface area (Å²) in [6, 6.07) is 9.94. The van der Waals surface area contributed by atoms with E-state index in [2.05, 4.69) is 10.1 Å². The highest BCUT2D eigenvalue weighted by Gasteiger charge is 2.31. The third-order valence-corrected chi connectivity index (χ3v) is 3.51. The zero-order valence-electron chi connectivity index (χ0n) is 12.8. The van der Waals surface area contributed by atoms with Gasteiger partial charge in [0.2, 0.25) is 5.89 Å². The molecule has 2 aromatic rings. The lowest BCUT2D eigenvalue weighted by Crippen LogP contribution is -2.21. The van der Waals surface area contributed by atoms with Gasteiger partial charge < -0.3 is 9.26 Å². The van der Waals surface area contributed by atoms with E-state index in [1.165, 1.54) is 0 Å². The molecule has 0 aliphatic carbocycles. The maximum absolute atomic E-state index is 11.7. The zero-order valence-corrected chi connectivity index (χ0v) is 12.8.